The molecule has 13 heavy (non-hydrogen) atoms. The summed E-state index contributed by atoms with van der Waals surface area (Å²) in [5.74, 6) is 0. The van der Waals surface area contributed by atoms with Crippen LogP contribution in [-0.2, 0) is 6.61 Å². The zero-order valence-electron chi connectivity index (χ0n) is 6.27. The Bertz CT molecular complexity index is 322. The van der Waals surface area contributed by atoms with Crippen molar-refractivity contribution in [1.29, 1.82) is 0 Å². The van der Waals surface area contributed by atoms with Gasteiger partial charge in [-0.25, -0.2) is 8.78 Å². The highest BCUT2D eigenvalue weighted by Gasteiger charge is 2.19. The van der Waals surface area contributed by atoms with Crippen molar-refractivity contribution in [3.05, 3.63) is 26.9 Å². The van der Waals surface area contributed by atoms with Gasteiger partial charge in [-0.2, -0.15) is 0 Å². The number of halogens is 4. The molecule has 0 atom stereocenters. The Kier molecular flexibility index (Phi) is 3.58. The molecule has 1 aromatic heterocycles. The van der Waals surface area contributed by atoms with Crippen molar-refractivity contribution in [3.63, 3.8) is 0 Å². The first-order valence-electron chi connectivity index (χ1n) is 3.29. The van der Waals surface area contributed by atoms with Gasteiger partial charge in [-0.1, -0.05) is 11.6 Å². The van der Waals surface area contributed by atoms with E-state index in [1.54, 1.807) is 0 Å². The molecule has 6 heteroatoms. The molecule has 0 bridgehead atoms. The lowest BCUT2D eigenvalue weighted by molar-refractivity contribution is 0.145. The molecule has 0 saturated heterocycles. The fourth-order valence-electron chi connectivity index (χ4n) is 0.864. The van der Waals surface area contributed by atoms with Gasteiger partial charge in [0.2, 0.25) is 0 Å². The average Bonchev–Trinajstić information content (AvgIpc) is 2.08. The summed E-state index contributed by atoms with van der Waals surface area (Å²) in [4.78, 5) is 3.59. The first kappa shape index (κ1) is 10.8. The number of nitrogens with zero attached hydrogens (tertiary/aromatic N) is 1. The Morgan fingerprint density at radius 1 is 1.62 bits per heavy atom. The lowest BCUT2D eigenvalue weighted by atomic mass is 10.2. The van der Waals surface area contributed by atoms with E-state index in [0.717, 1.165) is 0 Å². The maximum Gasteiger partial charge on any atom is 0.266 e. The van der Waals surface area contributed by atoms with Crippen molar-refractivity contribution in [2.45, 2.75) is 13.0 Å². The summed E-state index contributed by atoms with van der Waals surface area (Å²) in [6.07, 6.45) is -1.49. The molecule has 0 fully saturated rings. The molecule has 1 rings (SSSR count). The Morgan fingerprint density at radius 3 is 2.69 bits per heavy atom. The summed E-state index contributed by atoms with van der Waals surface area (Å²) >= 11 is 8.47. The Morgan fingerprint density at radius 2 is 2.23 bits per heavy atom. The van der Waals surface area contributed by atoms with Gasteiger partial charge in [0.1, 0.15) is 0 Å². The Balaban J connectivity index is 3.32. The topological polar surface area (TPSA) is 33.1 Å². The van der Waals surface area contributed by atoms with Gasteiger partial charge >= 0.3 is 0 Å². The van der Waals surface area contributed by atoms with Gasteiger partial charge in [0, 0.05) is 10.7 Å². The van der Waals surface area contributed by atoms with Crippen molar-refractivity contribution in [3.8, 4) is 0 Å². The van der Waals surface area contributed by atoms with Gasteiger partial charge in [-0.05, 0) is 15.9 Å². The summed E-state index contributed by atoms with van der Waals surface area (Å²) in [7, 11) is 0. The van der Waals surface area contributed by atoms with Crippen molar-refractivity contribution >= 4 is 27.5 Å². The lowest BCUT2D eigenvalue weighted by Gasteiger charge is -2.08. The van der Waals surface area contributed by atoms with E-state index in [4.69, 9.17) is 16.7 Å². The second kappa shape index (κ2) is 4.30. The first-order valence-corrected chi connectivity index (χ1v) is 4.46. The van der Waals surface area contributed by atoms with Crippen molar-refractivity contribution < 1.29 is 13.9 Å². The number of rotatable bonds is 2. The van der Waals surface area contributed by atoms with Crippen LogP contribution in [0.4, 0.5) is 8.78 Å². The molecule has 0 radical (unpaired) electrons. The molecule has 1 aromatic rings. The van der Waals surface area contributed by atoms with Crippen LogP contribution in [0.5, 0.6) is 0 Å². The average molecular weight is 272 g/mol. The van der Waals surface area contributed by atoms with Gasteiger partial charge in [0.15, 0.2) is 0 Å². The minimum absolute atomic E-state index is 0.0636. The third-order valence-corrected chi connectivity index (χ3v) is 2.83. The molecule has 0 amide bonds. The molecule has 0 aromatic carbocycles. The van der Waals surface area contributed by atoms with Crippen LogP contribution in [0, 0.1) is 0 Å². The van der Waals surface area contributed by atoms with E-state index >= 15 is 0 Å². The molecule has 2 nitrogen and oxygen atoms in total. The molecule has 0 aliphatic carbocycles. The first-order chi connectivity index (χ1) is 6.07. The largest absolute Gasteiger partial charge is 0.390 e. The van der Waals surface area contributed by atoms with Crippen LogP contribution in [0.15, 0.2) is 10.7 Å². The van der Waals surface area contributed by atoms with E-state index in [-0.39, 0.29) is 20.8 Å². The lowest BCUT2D eigenvalue weighted by Crippen LogP contribution is -1.99. The molecule has 0 aliphatic heterocycles. The van der Waals surface area contributed by atoms with Crippen LogP contribution >= 0.6 is 27.5 Å². The Labute approximate surface area is 86.7 Å². The van der Waals surface area contributed by atoms with Crippen molar-refractivity contribution in [2.75, 3.05) is 0 Å². The molecule has 1 N–H and O–H groups in total. The minimum atomic E-state index is -2.71. The fourth-order valence-corrected chi connectivity index (χ4v) is 1.52. The van der Waals surface area contributed by atoms with E-state index in [0.29, 0.717) is 0 Å². The number of hydrogen-bond donors (Lipinski definition) is 1. The van der Waals surface area contributed by atoms with Crippen LogP contribution in [0.1, 0.15) is 17.7 Å². The zero-order valence-corrected chi connectivity index (χ0v) is 8.61. The maximum atomic E-state index is 12.4. The molecular formula is C7H5BrClF2NO. The van der Waals surface area contributed by atoms with Crippen LogP contribution in [-0.4, -0.2) is 10.1 Å². The number of pyridine rings is 1. The van der Waals surface area contributed by atoms with Crippen LogP contribution in [0.25, 0.3) is 0 Å². The summed E-state index contributed by atoms with van der Waals surface area (Å²) in [5, 5.41) is 8.83. The molecule has 1 heterocycles. The van der Waals surface area contributed by atoms with Gasteiger partial charge in [-0.3, -0.25) is 4.98 Å². The Hall–Kier alpha value is -0.260. The maximum absolute atomic E-state index is 12.4. The highest BCUT2D eigenvalue weighted by molar-refractivity contribution is 9.10. The monoisotopic (exact) mass is 271 g/mol. The molecule has 0 spiro atoms. The fraction of sp³-hybridized carbons (Fsp3) is 0.286. The van der Waals surface area contributed by atoms with Gasteiger partial charge in [0.25, 0.3) is 6.43 Å². The second-order valence-corrected chi connectivity index (χ2v) is 3.44. The highest BCUT2D eigenvalue weighted by Crippen LogP contribution is 2.34. The quantitative estimate of drug-likeness (QED) is 0.898. The van der Waals surface area contributed by atoms with Gasteiger partial charge in [-0.15, -0.1) is 0 Å². The second-order valence-electron chi connectivity index (χ2n) is 2.24. The SMILES string of the molecule is OCc1ncc(Cl)c(Br)c1C(F)F. The predicted octanol–water partition coefficient (Wildman–Crippen LogP) is 2.93. The van der Waals surface area contributed by atoms with E-state index in [9.17, 15) is 8.78 Å². The van der Waals surface area contributed by atoms with Crippen molar-refractivity contribution in [2.24, 2.45) is 0 Å². The third kappa shape index (κ3) is 2.15. The van der Waals surface area contributed by atoms with Crippen LogP contribution in [0.3, 0.4) is 0 Å². The van der Waals surface area contributed by atoms with Crippen LogP contribution < -0.4 is 0 Å². The van der Waals surface area contributed by atoms with E-state index in [1.165, 1.54) is 6.20 Å². The zero-order chi connectivity index (χ0) is 10.0. The third-order valence-electron chi connectivity index (χ3n) is 1.46. The molecular weight excluding hydrogens is 267 g/mol. The molecule has 72 valence electrons. The van der Waals surface area contributed by atoms with Gasteiger partial charge in [0.05, 0.1) is 22.9 Å². The summed E-state index contributed by atoms with van der Waals surface area (Å²) in [6.45, 7) is -0.532. The van der Waals surface area contributed by atoms with Gasteiger partial charge < -0.3 is 5.11 Å². The number of hydrogen-bond acceptors (Lipinski definition) is 2. The minimum Gasteiger partial charge on any atom is -0.390 e. The molecule has 0 unspecified atom stereocenters. The number of aliphatic hydroxyl groups excluding tert-OH is 1. The molecule has 0 saturated carbocycles. The summed E-state index contributed by atoms with van der Waals surface area (Å²) < 4.78 is 24.9. The summed E-state index contributed by atoms with van der Waals surface area (Å²) in [5.41, 5.74) is -0.415. The van der Waals surface area contributed by atoms with Crippen molar-refractivity contribution in [1.82, 2.24) is 4.98 Å². The number of aromatic nitrogens is 1. The standard InChI is InChI=1S/C7H5BrClF2NO/c8-6-3(9)1-12-4(2-13)5(6)7(10)11/h1,7,13H,2H2. The van der Waals surface area contributed by atoms with E-state index in [2.05, 4.69) is 20.9 Å². The number of aliphatic hydroxyl groups is 1. The number of alkyl halides is 2. The smallest absolute Gasteiger partial charge is 0.266 e. The highest BCUT2D eigenvalue weighted by atomic mass is 79.9. The molecule has 0 aliphatic rings. The van der Waals surface area contributed by atoms with E-state index in [1.807, 2.05) is 0 Å². The predicted molar refractivity (Wildman–Crippen MR) is 47.8 cm³/mol. The normalized spacial score (nSPS) is 10.9. The summed E-state index contributed by atoms with van der Waals surface area (Å²) in [6, 6.07) is 0. The van der Waals surface area contributed by atoms with Crippen LogP contribution in [0.2, 0.25) is 5.02 Å². The van der Waals surface area contributed by atoms with E-state index < -0.39 is 13.0 Å².